The second-order valence-corrected chi connectivity index (χ2v) is 7.02. The first-order valence-corrected chi connectivity index (χ1v) is 8.31. The number of nitrogens with zero attached hydrogens (tertiary/aromatic N) is 1. The molecule has 0 heterocycles. The lowest BCUT2D eigenvalue weighted by molar-refractivity contribution is -0.139. The number of carboxylic acid groups (broad SMARTS) is 1. The quantitative estimate of drug-likeness (QED) is 0.861. The Morgan fingerprint density at radius 1 is 1.22 bits per heavy atom. The zero-order chi connectivity index (χ0) is 17.0. The van der Waals surface area contributed by atoms with E-state index in [2.05, 4.69) is 0 Å². The van der Waals surface area contributed by atoms with Crippen molar-refractivity contribution in [2.45, 2.75) is 4.90 Å². The highest BCUT2D eigenvalue weighted by atomic mass is 35.5. The van der Waals surface area contributed by atoms with Crippen LogP contribution in [0.2, 0.25) is 5.02 Å². The molecule has 0 saturated carbocycles. The second kappa shape index (κ2) is 6.89. The van der Waals surface area contributed by atoms with E-state index in [1.54, 1.807) is 30.3 Å². The maximum Gasteiger partial charge on any atom is 0.341 e. The fraction of sp³-hybridized carbons (Fsp3) is 0.133. The molecule has 0 fully saturated rings. The molecule has 0 aromatic heterocycles. The average Bonchev–Trinajstić information content (AvgIpc) is 2.52. The van der Waals surface area contributed by atoms with E-state index < -0.39 is 22.6 Å². The van der Waals surface area contributed by atoms with Crippen LogP contribution in [-0.4, -0.2) is 33.1 Å². The molecule has 0 radical (unpaired) electrons. The van der Waals surface area contributed by atoms with Crippen molar-refractivity contribution in [3.63, 3.8) is 0 Å². The van der Waals surface area contributed by atoms with Gasteiger partial charge in [-0.05, 0) is 24.3 Å². The maximum atomic E-state index is 12.7. The van der Waals surface area contributed by atoms with Gasteiger partial charge in [-0.15, -0.1) is 0 Å². The molecule has 0 spiro atoms. The number of hydrogen-bond acceptors (Lipinski definition) is 4. The molecule has 1 N–H and O–H groups in total. The lowest BCUT2D eigenvalue weighted by Crippen LogP contribution is -2.26. The van der Waals surface area contributed by atoms with Crippen LogP contribution in [0.4, 0.5) is 5.69 Å². The Morgan fingerprint density at radius 3 is 2.48 bits per heavy atom. The van der Waals surface area contributed by atoms with E-state index in [9.17, 15) is 13.2 Å². The highest BCUT2D eigenvalue weighted by Gasteiger charge is 2.22. The molecule has 6 nitrogen and oxygen atoms in total. The second-order valence-electron chi connectivity index (χ2n) is 4.61. The number of ether oxygens (including phenoxy) is 1. The van der Waals surface area contributed by atoms with E-state index in [0.29, 0.717) is 5.69 Å². The average molecular weight is 356 g/mol. The molecule has 2 aromatic carbocycles. The van der Waals surface area contributed by atoms with E-state index in [1.165, 1.54) is 25.2 Å². The zero-order valence-electron chi connectivity index (χ0n) is 12.1. The third-order valence-corrected chi connectivity index (χ3v) is 4.97. The van der Waals surface area contributed by atoms with Crippen molar-refractivity contribution in [3.8, 4) is 5.75 Å². The zero-order valence-corrected chi connectivity index (χ0v) is 13.7. The number of rotatable bonds is 6. The van der Waals surface area contributed by atoms with Crippen LogP contribution >= 0.6 is 11.6 Å². The number of carbonyl (C=O) groups is 1. The third kappa shape index (κ3) is 4.14. The molecule has 0 atom stereocenters. The Bertz CT molecular complexity index is 808. The molecule has 2 rings (SSSR count). The minimum absolute atomic E-state index is 0.0694. The van der Waals surface area contributed by atoms with Crippen LogP contribution in [-0.2, 0) is 14.8 Å². The smallest absolute Gasteiger partial charge is 0.341 e. The molecule has 0 amide bonds. The summed E-state index contributed by atoms with van der Waals surface area (Å²) >= 11 is 5.91. The van der Waals surface area contributed by atoms with E-state index >= 15 is 0 Å². The maximum absolute atomic E-state index is 12.7. The molecule has 122 valence electrons. The molecular formula is C15H14ClNO5S. The molecular weight excluding hydrogens is 342 g/mol. The van der Waals surface area contributed by atoms with Crippen molar-refractivity contribution in [1.82, 2.24) is 0 Å². The summed E-state index contributed by atoms with van der Waals surface area (Å²) < 4.78 is 31.5. The van der Waals surface area contributed by atoms with Gasteiger partial charge in [0.2, 0.25) is 0 Å². The van der Waals surface area contributed by atoms with Crippen LogP contribution in [0.1, 0.15) is 0 Å². The number of hydrogen-bond donors (Lipinski definition) is 1. The minimum Gasteiger partial charge on any atom is -0.482 e. The van der Waals surface area contributed by atoms with Crippen molar-refractivity contribution in [2.75, 3.05) is 18.0 Å². The number of anilines is 1. The molecule has 23 heavy (non-hydrogen) atoms. The normalized spacial score (nSPS) is 11.0. The van der Waals surface area contributed by atoms with Crippen LogP contribution in [0, 0.1) is 0 Å². The predicted octanol–water partition coefficient (Wildman–Crippen LogP) is 2.63. The summed E-state index contributed by atoms with van der Waals surface area (Å²) in [6.45, 7) is -0.589. The highest BCUT2D eigenvalue weighted by Crippen LogP contribution is 2.28. The van der Waals surface area contributed by atoms with Gasteiger partial charge in [-0.25, -0.2) is 13.2 Å². The Balaban J connectivity index is 2.37. The summed E-state index contributed by atoms with van der Waals surface area (Å²) in [6.07, 6.45) is 0. The topological polar surface area (TPSA) is 83.9 Å². The number of para-hydroxylation sites is 1. The van der Waals surface area contributed by atoms with Gasteiger partial charge in [0, 0.05) is 18.1 Å². The molecule has 0 aliphatic carbocycles. The summed E-state index contributed by atoms with van der Waals surface area (Å²) in [6, 6.07) is 12.4. The van der Waals surface area contributed by atoms with Gasteiger partial charge in [0.25, 0.3) is 10.0 Å². The first-order chi connectivity index (χ1) is 10.8. The van der Waals surface area contributed by atoms with Crippen molar-refractivity contribution in [2.24, 2.45) is 0 Å². The van der Waals surface area contributed by atoms with Crippen molar-refractivity contribution < 1.29 is 23.1 Å². The van der Waals surface area contributed by atoms with E-state index in [0.717, 1.165) is 4.31 Å². The Labute approximate surface area is 138 Å². The number of benzene rings is 2. The van der Waals surface area contributed by atoms with Gasteiger partial charge in [-0.2, -0.15) is 0 Å². The third-order valence-electron chi connectivity index (χ3n) is 2.99. The van der Waals surface area contributed by atoms with Gasteiger partial charge in [0.1, 0.15) is 5.75 Å². The fourth-order valence-electron chi connectivity index (χ4n) is 1.85. The van der Waals surface area contributed by atoms with Crippen LogP contribution in [0.3, 0.4) is 0 Å². The van der Waals surface area contributed by atoms with Crippen LogP contribution in [0.15, 0.2) is 53.4 Å². The van der Waals surface area contributed by atoms with Gasteiger partial charge in [0.15, 0.2) is 6.61 Å². The van der Waals surface area contributed by atoms with E-state index in [1.807, 2.05) is 0 Å². The van der Waals surface area contributed by atoms with Crippen molar-refractivity contribution in [3.05, 3.63) is 53.6 Å². The number of aliphatic carboxylic acids is 1. The van der Waals surface area contributed by atoms with E-state index in [4.69, 9.17) is 21.4 Å². The lowest BCUT2D eigenvalue weighted by Gasteiger charge is -2.20. The van der Waals surface area contributed by atoms with Gasteiger partial charge >= 0.3 is 5.97 Å². The van der Waals surface area contributed by atoms with Gasteiger partial charge in [-0.3, -0.25) is 4.31 Å². The van der Waals surface area contributed by atoms with Gasteiger partial charge in [-0.1, -0.05) is 29.8 Å². The van der Waals surface area contributed by atoms with Crippen LogP contribution < -0.4 is 9.04 Å². The summed E-state index contributed by atoms with van der Waals surface area (Å²) in [5, 5.41) is 8.76. The van der Waals surface area contributed by atoms with Gasteiger partial charge < -0.3 is 9.84 Å². The number of carboxylic acids is 1. The minimum atomic E-state index is -3.85. The molecule has 0 saturated heterocycles. The first-order valence-electron chi connectivity index (χ1n) is 6.50. The largest absolute Gasteiger partial charge is 0.482 e. The SMILES string of the molecule is CN(c1ccccc1)S(=O)(=O)c1cc(Cl)cc(OCC(=O)O)c1. The highest BCUT2D eigenvalue weighted by molar-refractivity contribution is 7.92. The Kier molecular flexibility index (Phi) is 5.12. The number of sulfonamides is 1. The van der Waals surface area contributed by atoms with Gasteiger partial charge in [0.05, 0.1) is 10.6 Å². The molecule has 0 bridgehead atoms. The molecule has 2 aromatic rings. The molecule has 0 aliphatic rings. The first kappa shape index (κ1) is 17.1. The summed E-state index contributed by atoms with van der Waals surface area (Å²) in [5.41, 5.74) is 0.487. The molecule has 8 heteroatoms. The van der Waals surface area contributed by atoms with Crippen molar-refractivity contribution in [1.29, 1.82) is 0 Å². The fourth-order valence-corrected chi connectivity index (χ4v) is 3.40. The van der Waals surface area contributed by atoms with Crippen molar-refractivity contribution >= 4 is 33.3 Å². The lowest BCUT2D eigenvalue weighted by atomic mass is 10.3. The Hall–Kier alpha value is -2.25. The van der Waals surface area contributed by atoms with Crippen LogP contribution in [0.25, 0.3) is 0 Å². The summed E-state index contributed by atoms with van der Waals surface area (Å²) in [5.74, 6) is -1.10. The molecule has 0 aliphatic heterocycles. The van der Waals surface area contributed by atoms with Crippen LogP contribution in [0.5, 0.6) is 5.75 Å². The Morgan fingerprint density at radius 2 is 1.87 bits per heavy atom. The monoisotopic (exact) mass is 355 g/mol. The predicted molar refractivity (Wildman–Crippen MR) is 86.6 cm³/mol. The molecule has 0 unspecified atom stereocenters. The summed E-state index contributed by atoms with van der Waals surface area (Å²) in [4.78, 5) is 10.5. The summed E-state index contributed by atoms with van der Waals surface area (Å²) in [7, 11) is -2.43. The van der Waals surface area contributed by atoms with E-state index in [-0.39, 0.29) is 15.7 Å². The standard InChI is InChI=1S/C15H14ClNO5S/c1-17(12-5-3-2-4-6-12)23(20,21)14-8-11(16)7-13(9-14)22-10-15(18)19/h2-9H,10H2,1H3,(H,18,19). The number of halogens is 1.